The predicted molar refractivity (Wildman–Crippen MR) is 65.3 cm³/mol. The van der Waals surface area contributed by atoms with E-state index in [1.54, 1.807) is 11.3 Å². The highest BCUT2D eigenvalue weighted by molar-refractivity contribution is 7.10. The normalized spacial score (nSPS) is 11.4. The average molecular weight is 225 g/mol. The Balaban J connectivity index is 2.47. The van der Waals surface area contributed by atoms with E-state index in [4.69, 9.17) is 0 Å². The fraction of sp³-hybridized carbons (Fsp3) is 0.583. The van der Waals surface area contributed by atoms with Crippen LogP contribution in [-0.4, -0.2) is 12.5 Å². The molecule has 2 nitrogen and oxygen atoms in total. The molecule has 0 atom stereocenters. The van der Waals surface area contributed by atoms with E-state index in [0.717, 1.165) is 6.42 Å². The fourth-order valence-corrected chi connectivity index (χ4v) is 2.24. The van der Waals surface area contributed by atoms with Gasteiger partial charge >= 0.3 is 0 Å². The van der Waals surface area contributed by atoms with Gasteiger partial charge in [0.1, 0.15) is 0 Å². The summed E-state index contributed by atoms with van der Waals surface area (Å²) in [6.07, 6.45) is 1.53. The van der Waals surface area contributed by atoms with Gasteiger partial charge in [0.15, 0.2) is 0 Å². The zero-order valence-corrected chi connectivity index (χ0v) is 10.5. The maximum atomic E-state index is 11.4. The third-order valence-corrected chi connectivity index (χ3v) is 3.63. The van der Waals surface area contributed by atoms with Crippen molar-refractivity contribution in [3.63, 3.8) is 0 Å². The number of amides is 1. The van der Waals surface area contributed by atoms with Crippen molar-refractivity contribution in [1.29, 1.82) is 0 Å². The van der Waals surface area contributed by atoms with Gasteiger partial charge in [0.25, 0.3) is 0 Å². The van der Waals surface area contributed by atoms with Gasteiger partial charge in [0, 0.05) is 23.3 Å². The molecular weight excluding hydrogens is 206 g/mol. The van der Waals surface area contributed by atoms with Crippen LogP contribution in [0.1, 0.15) is 38.5 Å². The van der Waals surface area contributed by atoms with Crippen LogP contribution in [-0.2, 0) is 10.2 Å². The number of hydrogen-bond acceptors (Lipinski definition) is 2. The van der Waals surface area contributed by atoms with Crippen LogP contribution in [0.2, 0.25) is 0 Å². The van der Waals surface area contributed by atoms with Gasteiger partial charge in [-0.1, -0.05) is 26.8 Å². The van der Waals surface area contributed by atoms with E-state index in [0.29, 0.717) is 13.0 Å². The molecule has 0 radical (unpaired) electrons. The summed E-state index contributed by atoms with van der Waals surface area (Å²) in [5, 5.41) is 5.05. The molecule has 1 N–H and O–H groups in total. The van der Waals surface area contributed by atoms with Crippen molar-refractivity contribution >= 4 is 17.2 Å². The summed E-state index contributed by atoms with van der Waals surface area (Å²) in [4.78, 5) is 12.7. The molecule has 0 unspecified atom stereocenters. The smallest absolute Gasteiger partial charge is 0.220 e. The third kappa shape index (κ3) is 3.67. The van der Waals surface area contributed by atoms with E-state index in [-0.39, 0.29) is 11.3 Å². The minimum absolute atomic E-state index is 0.0393. The number of carbonyl (C=O) groups excluding carboxylic acids is 1. The molecule has 0 spiro atoms. The summed E-state index contributed by atoms with van der Waals surface area (Å²) in [6, 6.07) is 4.17. The molecule has 0 fully saturated rings. The molecule has 0 aliphatic carbocycles. The van der Waals surface area contributed by atoms with Crippen LogP contribution in [0.5, 0.6) is 0 Å². The number of rotatable bonds is 5. The Morgan fingerprint density at radius 3 is 2.80 bits per heavy atom. The first-order valence-corrected chi connectivity index (χ1v) is 6.25. The van der Waals surface area contributed by atoms with Gasteiger partial charge in [-0.3, -0.25) is 4.79 Å². The Hall–Kier alpha value is -0.830. The molecule has 1 rings (SSSR count). The zero-order valence-electron chi connectivity index (χ0n) is 9.67. The van der Waals surface area contributed by atoms with Gasteiger partial charge in [-0.15, -0.1) is 11.3 Å². The Labute approximate surface area is 95.7 Å². The summed E-state index contributed by atoms with van der Waals surface area (Å²) >= 11 is 1.74. The van der Waals surface area contributed by atoms with Crippen molar-refractivity contribution in [2.75, 3.05) is 6.54 Å². The topological polar surface area (TPSA) is 29.1 Å². The lowest BCUT2D eigenvalue weighted by atomic mass is 9.91. The second kappa shape index (κ2) is 5.31. The lowest BCUT2D eigenvalue weighted by molar-refractivity contribution is -0.121. The van der Waals surface area contributed by atoms with Crippen molar-refractivity contribution in [2.24, 2.45) is 0 Å². The second-order valence-corrected chi connectivity index (χ2v) is 5.34. The minimum atomic E-state index is 0.0393. The Bertz CT molecular complexity index is 303. The van der Waals surface area contributed by atoms with Crippen LogP contribution < -0.4 is 5.32 Å². The first-order valence-electron chi connectivity index (χ1n) is 5.37. The molecule has 0 saturated heterocycles. The number of thiophene rings is 1. The molecular formula is C12H19NOS. The van der Waals surface area contributed by atoms with Crippen LogP contribution in [0, 0.1) is 0 Å². The molecule has 0 bridgehead atoms. The molecule has 0 aliphatic rings. The van der Waals surface area contributed by atoms with Gasteiger partial charge in [0.2, 0.25) is 5.91 Å². The maximum absolute atomic E-state index is 11.4. The number of hydrogen-bond donors (Lipinski definition) is 1. The van der Waals surface area contributed by atoms with Crippen LogP contribution >= 0.6 is 11.3 Å². The minimum Gasteiger partial charge on any atom is -0.355 e. The molecule has 1 aromatic rings. The van der Waals surface area contributed by atoms with Gasteiger partial charge in [-0.25, -0.2) is 0 Å². The highest BCUT2D eigenvalue weighted by atomic mass is 32.1. The van der Waals surface area contributed by atoms with Gasteiger partial charge < -0.3 is 5.32 Å². The first-order chi connectivity index (χ1) is 7.06. The number of carbonyl (C=O) groups is 1. The second-order valence-electron chi connectivity index (χ2n) is 4.39. The zero-order chi connectivity index (χ0) is 11.3. The largest absolute Gasteiger partial charge is 0.355 e. The van der Waals surface area contributed by atoms with E-state index in [9.17, 15) is 4.79 Å². The van der Waals surface area contributed by atoms with Crippen LogP contribution in [0.15, 0.2) is 17.5 Å². The van der Waals surface area contributed by atoms with Gasteiger partial charge in [-0.05, 0) is 17.9 Å². The molecule has 0 aliphatic heterocycles. The summed E-state index contributed by atoms with van der Waals surface area (Å²) in [5.41, 5.74) is 0.0393. The Morgan fingerprint density at radius 2 is 2.27 bits per heavy atom. The quantitative estimate of drug-likeness (QED) is 0.820. The fourth-order valence-electron chi connectivity index (χ4n) is 1.39. The molecule has 1 amide bonds. The standard InChI is InChI=1S/C12H19NOS/c1-4-6-11(14)13-9-12(2,3)10-7-5-8-15-10/h5,7-8H,4,6,9H2,1-3H3,(H,13,14). The summed E-state index contributed by atoms with van der Waals surface area (Å²) in [7, 11) is 0. The van der Waals surface area contributed by atoms with E-state index in [1.165, 1.54) is 4.88 Å². The lowest BCUT2D eigenvalue weighted by Crippen LogP contribution is -2.35. The molecule has 15 heavy (non-hydrogen) atoms. The van der Waals surface area contributed by atoms with Crippen molar-refractivity contribution in [2.45, 2.75) is 39.0 Å². The van der Waals surface area contributed by atoms with Crippen LogP contribution in [0.25, 0.3) is 0 Å². The summed E-state index contributed by atoms with van der Waals surface area (Å²) in [6.45, 7) is 7.05. The highest BCUT2D eigenvalue weighted by Gasteiger charge is 2.21. The van der Waals surface area contributed by atoms with Crippen molar-refractivity contribution in [1.82, 2.24) is 5.32 Å². The van der Waals surface area contributed by atoms with Crippen molar-refractivity contribution in [3.8, 4) is 0 Å². The monoisotopic (exact) mass is 225 g/mol. The summed E-state index contributed by atoms with van der Waals surface area (Å²) in [5.74, 6) is 0.155. The maximum Gasteiger partial charge on any atom is 0.220 e. The lowest BCUT2D eigenvalue weighted by Gasteiger charge is -2.23. The molecule has 0 aromatic carbocycles. The van der Waals surface area contributed by atoms with Gasteiger partial charge in [0.05, 0.1) is 0 Å². The van der Waals surface area contributed by atoms with Crippen LogP contribution in [0.3, 0.4) is 0 Å². The molecule has 3 heteroatoms. The van der Waals surface area contributed by atoms with Crippen molar-refractivity contribution in [3.05, 3.63) is 22.4 Å². The SMILES string of the molecule is CCCC(=O)NCC(C)(C)c1cccs1. The average Bonchev–Trinajstić information content (AvgIpc) is 2.69. The van der Waals surface area contributed by atoms with E-state index < -0.39 is 0 Å². The van der Waals surface area contributed by atoms with Gasteiger partial charge in [-0.2, -0.15) is 0 Å². The predicted octanol–water partition coefficient (Wildman–Crippen LogP) is 2.94. The molecule has 1 heterocycles. The molecule has 84 valence electrons. The number of nitrogens with one attached hydrogen (secondary N) is 1. The molecule has 1 aromatic heterocycles. The van der Waals surface area contributed by atoms with Crippen molar-refractivity contribution < 1.29 is 4.79 Å². The Morgan fingerprint density at radius 1 is 1.53 bits per heavy atom. The highest BCUT2D eigenvalue weighted by Crippen LogP contribution is 2.26. The van der Waals surface area contributed by atoms with E-state index in [1.807, 2.05) is 6.92 Å². The third-order valence-electron chi connectivity index (χ3n) is 2.39. The van der Waals surface area contributed by atoms with E-state index >= 15 is 0 Å². The Kier molecular flexibility index (Phi) is 4.33. The first kappa shape index (κ1) is 12.2. The molecule has 0 saturated carbocycles. The van der Waals surface area contributed by atoms with Crippen LogP contribution in [0.4, 0.5) is 0 Å². The summed E-state index contributed by atoms with van der Waals surface area (Å²) < 4.78 is 0. The van der Waals surface area contributed by atoms with E-state index in [2.05, 4.69) is 36.7 Å².